The Morgan fingerprint density at radius 3 is 2.57 bits per heavy atom. The summed E-state index contributed by atoms with van der Waals surface area (Å²) in [5, 5.41) is 18.9. The van der Waals surface area contributed by atoms with E-state index in [-0.39, 0.29) is 30.4 Å². The molecule has 0 radical (unpaired) electrons. The highest BCUT2D eigenvalue weighted by Crippen LogP contribution is 2.40. The number of ether oxygens (including phenoxy) is 1. The first-order valence-corrected chi connectivity index (χ1v) is 10.8. The second-order valence-electron chi connectivity index (χ2n) is 8.71. The summed E-state index contributed by atoms with van der Waals surface area (Å²) in [5.41, 5.74) is 7.34. The number of carboxylic acid groups (broad SMARTS) is 1. The standard InChI is InChI=1S/C25H25F2N5O3/c1-13-10-16(11-18(30-13)21(26)27)19-20(17-7-5-6-15(12-28)14(17)2)31-24(29)32-22(19)35-9-8-25(3,4)23(33)34/h5-7,10-11,21H,8-9H2,1-4H3,(H,33,34)(H2,29,31,32). The Balaban J connectivity index is 2.25. The molecule has 182 valence electrons. The third-order valence-corrected chi connectivity index (χ3v) is 5.63. The van der Waals surface area contributed by atoms with Crippen molar-refractivity contribution in [3.8, 4) is 34.3 Å². The number of carboxylic acids is 1. The lowest BCUT2D eigenvalue weighted by atomic mass is 9.90. The van der Waals surface area contributed by atoms with E-state index in [9.17, 15) is 23.9 Å². The number of carbonyl (C=O) groups is 1. The maximum atomic E-state index is 13.6. The Kier molecular flexibility index (Phi) is 7.29. The molecule has 0 spiro atoms. The molecule has 0 aliphatic rings. The Morgan fingerprint density at radius 2 is 1.94 bits per heavy atom. The van der Waals surface area contributed by atoms with Gasteiger partial charge in [-0.25, -0.2) is 13.8 Å². The van der Waals surface area contributed by atoms with Crippen LogP contribution in [-0.4, -0.2) is 32.6 Å². The van der Waals surface area contributed by atoms with Gasteiger partial charge in [0.2, 0.25) is 11.8 Å². The summed E-state index contributed by atoms with van der Waals surface area (Å²) in [7, 11) is 0. The van der Waals surface area contributed by atoms with Crippen LogP contribution in [0.3, 0.4) is 0 Å². The van der Waals surface area contributed by atoms with Crippen LogP contribution in [0.4, 0.5) is 14.7 Å². The van der Waals surface area contributed by atoms with E-state index in [0.717, 1.165) is 0 Å². The predicted octanol–water partition coefficient (Wildman–Crippen LogP) is 5.09. The van der Waals surface area contributed by atoms with Crippen molar-refractivity contribution >= 4 is 11.9 Å². The second kappa shape index (κ2) is 10.0. The first-order valence-electron chi connectivity index (χ1n) is 10.8. The van der Waals surface area contributed by atoms with Crippen LogP contribution in [0.5, 0.6) is 5.88 Å². The van der Waals surface area contributed by atoms with E-state index in [1.54, 1.807) is 52.0 Å². The van der Waals surface area contributed by atoms with E-state index in [2.05, 4.69) is 21.0 Å². The molecule has 2 aromatic heterocycles. The van der Waals surface area contributed by atoms with E-state index in [0.29, 0.717) is 33.6 Å². The lowest BCUT2D eigenvalue weighted by molar-refractivity contribution is -0.147. The summed E-state index contributed by atoms with van der Waals surface area (Å²) in [6, 6.07) is 10.0. The van der Waals surface area contributed by atoms with Crippen molar-refractivity contribution in [2.75, 3.05) is 12.3 Å². The maximum Gasteiger partial charge on any atom is 0.309 e. The molecule has 0 bridgehead atoms. The quantitative estimate of drug-likeness (QED) is 0.454. The van der Waals surface area contributed by atoms with Gasteiger partial charge in [-0.15, -0.1) is 0 Å². The number of hydrogen-bond donors (Lipinski definition) is 2. The number of nitrogens with zero attached hydrogens (tertiary/aromatic N) is 4. The minimum absolute atomic E-state index is 0.0151. The van der Waals surface area contributed by atoms with Crippen LogP contribution < -0.4 is 10.5 Å². The molecule has 0 fully saturated rings. The number of alkyl halides is 2. The Hall–Kier alpha value is -4.13. The number of benzene rings is 1. The second-order valence-corrected chi connectivity index (χ2v) is 8.71. The number of rotatable bonds is 8. The molecule has 8 nitrogen and oxygen atoms in total. The minimum Gasteiger partial charge on any atom is -0.481 e. The number of nitriles is 1. The lowest BCUT2D eigenvalue weighted by Gasteiger charge is -2.21. The number of nitrogen functional groups attached to an aromatic ring is 1. The van der Waals surface area contributed by atoms with Crippen molar-refractivity contribution < 1.29 is 23.4 Å². The van der Waals surface area contributed by atoms with Gasteiger partial charge in [0.15, 0.2) is 0 Å². The van der Waals surface area contributed by atoms with Crippen LogP contribution in [0.15, 0.2) is 30.3 Å². The van der Waals surface area contributed by atoms with Crippen LogP contribution in [0, 0.1) is 30.6 Å². The normalized spacial score (nSPS) is 11.4. The fraction of sp³-hybridized carbons (Fsp3) is 0.320. The largest absolute Gasteiger partial charge is 0.481 e. The number of nitrogens with two attached hydrogens (primary N) is 1. The van der Waals surface area contributed by atoms with Gasteiger partial charge in [-0.3, -0.25) is 9.78 Å². The number of hydrogen-bond acceptors (Lipinski definition) is 7. The van der Waals surface area contributed by atoms with Crippen molar-refractivity contribution in [1.29, 1.82) is 5.26 Å². The van der Waals surface area contributed by atoms with Gasteiger partial charge in [-0.2, -0.15) is 10.2 Å². The molecule has 35 heavy (non-hydrogen) atoms. The van der Waals surface area contributed by atoms with Crippen molar-refractivity contribution in [2.45, 2.75) is 40.5 Å². The van der Waals surface area contributed by atoms with Gasteiger partial charge >= 0.3 is 5.97 Å². The number of aryl methyl sites for hydroxylation is 1. The van der Waals surface area contributed by atoms with Gasteiger partial charge in [-0.1, -0.05) is 12.1 Å². The van der Waals surface area contributed by atoms with Gasteiger partial charge < -0.3 is 15.6 Å². The number of pyridine rings is 1. The third kappa shape index (κ3) is 5.51. The van der Waals surface area contributed by atoms with Crippen LogP contribution in [0.1, 0.15) is 49.2 Å². The summed E-state index contributed by atoms with van der Waals surface area (Å²) in [5.74, 6) is -1.10. The van der Waals surface area contributed by atoms with Crippen molar-refractivity contribution in [3.05, 3.63) is 52.8 Å². The summed E-state index contributed by atoms with van der Waals surface area (Å²) >= 11 is 0. The molecule has 2 heterocycles. The zero-order valence-corrected chi connectivity index (χ0v) is 19.8. The van der Waals surface area contributed by atoms with Crippen LogP contribution >= 0.6 is 0 Å². The average Bonchev–Trinajstić information content (AvgIpc) is 2.78. The SMILES string of the molecule is Cc1cc(-c2c(OCCC(C)(C)C(=O)O)nc(N)nc2-c2cccc(C#N)c2C)cc(C(F)F)n1. The van der Waals surface area contributed by atoms with Crippen LogP contribution in [0.25, 0.3) is 22.4 Å². The summed E-state index contributed by atoms with van der Waals surface area (Å²) in [4.78, 5) is 24.0. The number of aliphatic carboxylic acids is 1. The first kappa shape index (κ1) is 25.5. The Morgan fingerprint density at radius 1 is 1.23 bits per heavy atom. The fourth-order valence-corrected chi connectivity index (χ4v) is 3.49. The molecule has 0 saturated carbocycles. The molecule has 0 atom stereocenters. The molecule has 0 aliphatic carbocycles. The van der Waals surface area contributed by atoms with E-state index in [1.807, 2.05) is 0 Å². The molecular weight excluding hydrogens is 456 g/mol. The zero-order chi connectivity index (χ0) is 25.9. The van der Waals surface area contributed by atoms with Gasteiger partial charge in [0.1, 0.15) is 5.69 Å². The van der Waals surface area contributed by atoms with Gasteiger partial charge in [-0.05, 0) is 63.4 Å². The number of anilines is 1. The smallest absolute Gasteiger partial charge is 0.309 e. The molecule has 10 heteroatoms. The minimum atomic E-state index is -2.81. The lowest BCUT2D eigenvalue weighted by Crippen LogP contribution is -2.26. The molecule has 3 aromatic rings. The predicted molar refractivity (Wildman–Crippen MR) is 126 cm³/mol. The topological polar surface area (TPSA) is 135 Å². The van der Waals surface area contributed by atoms with Crippen LogP contribution in [-0.2, 0) is 4.79 Å². The average molecular weight is 482 g/mol. The monoisotopic (exact) mass is 481 g/mol. The van der Waals surface area contributed by atoms with E-state index in [1.165, 1.54) is 6.07 Å². The third-order valence-electron chi connectivity index (χ3n) is 5.63. The fourth-order valence-electron chi connectivity index (χ4n) is 3.49. The van der Waals surface area contributed by atoms with Gasteiger partial charge in [0.05, 0.1) is 34.9 Å². The highest BCUT2D eigenvalue weighted by atomic mass is 19.3. The first-order chi connectivity index (χ1) is 16.4. The van der Waals surface area contributed by atoms with Crippen molar-refractivity contribution in [2.24, 2.45) is 5.41 Å². The maximum absolute atomic E-state index is 13.6. The molecule has 0 aliphatic heterocycles. The van der Waals surface area contributed by atoms with Gasteiger partial charge in [0, 0.05) is 11.3 Å². The molecule has 3 N–H and O–H groups in total. The molecule has 0 amide bonds. The molecule has 3 rings (SSSR count). The van der Waals surface area contributed by atoms with E-state index >= 15 is 0 Å². The van der Waals surface area contributed by atoms with E-state index < -0.39 is 23.5 Å². The highest BCUT2D eigenvalue weighted by molar-refractivity contribution is 5.86. The summed E-state index contributed by atoms with van der Waals surface area (Å²) < 4.78 is 33.0. The Labute approximate surface area is 201 Å². The molecule has 1 aromatic carbocycles. The summed E-state index contributed by atoms with van der Waals surface area (Å²) in [6.45, 7) is 6.44. The molecular formula is C25H25F2N5O3. The zero-order valence-electron chi connectivity index (χ0n) is 19.8. The van der Waals surface area contributed by atoms with E-state index in [4.69, 9.17) is 10.5 Å². The summed E-state index contributed by atoms with van der Waals surface area (Å²) in [6.07, 6.45) is -2.65. The van der Waals surface area contributed by atoms with Crippen LogP contribution in [0.2, 0.25) is 0 Å². The van der Waals surface area contributed by atoms with Crippen molar-refractivity contribution in [1.82, 2.24) is 15.0 Å². The molecule has 0 unspecified atom stereocenters. The number of halogens is 2. The van der Waals surface area contributed by atoms with Crippen molar-refractivity contribution in [3.63, 3.8) is 0 Å². The Bertz CT molecular complexity index is 1320. The van der Waals surface area contributed by atoms with Gasteiger partial charge in [0.25, 0.3) is 6.43 Å². The number of aromatic nitrogens is 3. The highest BCUT2D eigenvalue weighted by Gasteiger charge is 2.28. The molecule has 0 saturated heterocycles.